The van der Waals surface area contributed by atoms with Gasteiger partial charge in [-0.2, -0.15) is 19.9 Å². The third-order valence-corrected chi connectivity index (χ3v) is 5.35. The summed E-state index contributed by atoms with van der Waals surface area (Å²) in [6.45, 7) is 8.58. The summed E-state index contributed by atoms with van der Waals surface area (Å²) >= 11 is 0. The molecule has 0 bridgehead atoms. The minimum absolute atomic E-state index is 0.0916. The minimum atomic E-state index is -0.546. The Morgan fingerprint density at radius 2 is 2.09 bits per heavy atom. The van der Waals surface area contributed by atoms with E-state index >= 15 is 0 Å². The summed E-state index contributed by atoms with van der Waals surface area (Å²) in [4.78, 5) is 34.4. The molecular formula is C21H25N9O3. The maximum absolute atomic E-state index is 12.4. The van der Waals surface area contributed by atoms with E-state index in [-0.39, 0.29) is 24.0 Å². The van der Waals surface area contributed by atoms with Crippen LogP contribution >= 0.6 is 0 Å². The summed E-state index contributed by atoms with van der Waals surface area (Å²) in [7, 11) is 0. The normalized spacial score (nSPS) is 15.1. The van der Waals surface area contributed by atoms with Crippen molar-refractivity contribution in [2.45, 2.75) is 51.7 Å². The quantitative estimate of drug-likeness (QED) is 0.622. The number of hydrogen-bond donors (Lipinski definition) is 1. The topological polar surface area (TPSA) is 143 Å². The molecule has 3 aromatic heterocycles. The third kappa shape index (κ3) is 4.34. The van der Waals surface area contributed by atoms with Crippen LogP contribution in [0.15, 0.2) is 24.7 Å². The number of likely N-dealkylation sites (tertiary alicyclic amines) is 1. The summed E-state index contributed by atoms with van der Waals surface area (Å²) < 4.78 is 8.83. The molecule has 4 rings (SSSR count). The number of ether oxygens (including phenoxy) is 1. The molecule has 3 aromatic rings. The van der Waals surface area contributed by atoms with Crippen LogP contribution in [0.2, 0.25) is 0 Å². The molecule has 1 aliphatic heterocycles. The van der Waals surface area contributed by atoms with Crippen LogP contribution in [0.3, 0.4) is 0 Å². The highest BCUT2D eigenvalue weighted by Crippen LogP contribution is 2.34. The predicted molar refractivity (Wildman–Crippen MR) is 117 cm³/mol. The van der Waals surface area contributed by atoms with Gasteiger partial charge in [0.25, 0.3) is 0 Å². The Labute approximate surface area is 190 Å². The molecule has 0 aromatic carbocycles. The second kappa shape index (κ2) is 8.16. The maximum Gasteiger partial charge on any atom is 0.410 e. The van der Waals surface area contributed by atoms with Crippen LogP contribution in [0.25, 0.3) is 17.0 Å². The van der Waals surface area contributed by atoms with Gasteiger partial charge in [0.05, 0.1) is 36.5 Å². The average Bonchev–Trinajstić information content (AvgIpc) is 3.33. The van der Waals surface area contributed by atoms with Crippen molar-refractivity contribution in [2.75, 3.05) is 18.4 Å². The van der Waals surface area contributed by atoms with Gasteiger partial charge in [-0.25, -0.2) is 9.78 Å². The van der Waals surface area contributed by atoms with Crippen molar-refractivity contribution in [3.05, 3.63) is 24.7 Å². The highest BCUT2D eigenvalue weighted by molar-refractivity contribution is 5.90. The number of nitrogens with one attached hydrogen (secondary N) is 1. The lowest BCUT2D eigenvalue weighted by molar-refractivity contribution is -0.115. The number of carbonyl (C=O) groups is 2. The Kier molecular flexibility index (Phi) is 5.49. The van der Waals surface area contributed by atoms with E-state index in [1.807, 2.05) is 31.6 Å². The van der Waals surface area contributed by atoms with Gasteiger partial charge in [0.2, 0.25) is 11.9 Å². The lowest BCUT2D eigenvalue weighted by atomic mass is 9.87. The lowest BCUT2D eigenvalue weighted by Gasteiger charge is -2.49. The SMILES string of the molecule is CCC1(n2cc(-c3nccc4nc(NC(=O)CC#N)nn34)cn2)CN(C(=O)OC(C)(C)C)C1. The van der Waals surface area contributed by atoms with E-state index < -0.39 is 11.5 Å². The Morgan fingerprint density at radius 3 is 2.76 bits per heavy atom. The molecule has 0 radical (unpaired) electrons. The van der Waals surface area contributed by atoms with E-state index in [9.17, 15) is 9.59 Å². The monoisotopic (exact) mass is 451 g/mol. The van der Waals surface area contributed by atoms with E-state index in [4.69, 9.17) is 10.00 Å². The van der Waals surface area contributed by atoms with E-state index in [0.29, 0.717) is 30.1 Å². The second-order valence-electron chi connectivity index (χ2n) is 8.94. The highest BCUT2D eigenvalue weighted by atomic mass is 16.6. The van der Waals surface area contributed by atoms with Gasteiger partial charge in [-0.15, -0.1) is 5.10 Å². The number of nitriles is 1. The molecule has 2 amide bonds. The molecule has 12 heteroatoms. The van der Waals surface area contributed by atoms with Crippen LogP contribution in [0, 0.1) is 11.3 Å². The van der Waals surface area contributed by atoms with E-state index in [1.54, 1.807) is 29.4 Å². The first-order valence-electron chi connectivity index (χ1n) is 10.6. The van der Waals surface area contributed by atoms with E-state index in [0.717, 1.165) is 6.42 Å². The van der Waals surface area contributed by atoms with Crippen LogP contribution in [0.4, 0.5) is 10.7 Å². The highest BCUT2D eigenvalue weighted by Gasteiger charge is 2.47. The minimum Gasteiger partial charge on any atom is -0.444 e. The molecule has 1 aliphatic rings. The van der Waals surface area contributed by atoms with Crippen molar-refractivity contribution in [3.63, 3.8) is 0 Å². The van der Waals surface area contributed by atoms with Crippen LogP contribution in [-0.4, -0.2) is 65.0 Å². The average molecular weight is 451 g/mol. The van der Waals surface area contributed by atoms with Gasteiger partial charge in [-0.3, -0.25) is 14.8 Å². The molecule has 33 heavy (non-hydrogen) atoms. The van der Waals surface area contributed by atoms with Gasteiger partial charge in [0.1, 0.15) is 12.0 Å². The first kappa shape index (κ1) is 22.2. The number of amides is 2. The molecule has 0 aliphatic carbocycles. The van der Waals surface area contributed by atoms with Gasteiger partial charge in [-0.05, 0) is 27.2 Å². The number of anilines is 1. The molecule has 1 fully saturated rings. The van der Waals surface area contributed by atoms with Crippen molar-refractivity contribution < 1.29 is 14.3 Å². The fraction of sp³-hybridized carbons (Fsp3) is 0.476. The molecule has 0 spiro atoms. The number of rotatable bonds is 5. The zero-order chi connectivity index (χ0) is 23.8. The van der Waals surface area contributed by atoms with E-state index in [2.05, 4.69) is 32.4 Å². The Morgan fingerprint density at radius 1 is 1.33 bits per heavy atom. The fourth-order valence-corrected chi connectivity index (χ4v) is 3.66. The van der Waals surface area contributed by atoms with Crippen molar-refractivity contribution in [1.29, 1.82) is 5.26 Å². The van der Waals surface area contributed by atoms with Crippen molar-refractivity contribution in [2.24, 2.45) is 0 Å². The van der Waals surface area contributed by atoms with Crippen LogP contribution in [-0.2, 0) is 15.1 Å². The Balaban J connectivity index is 1.56. The number of fused-ring (bicyclic) bond motifs is 1. The first-order valence-corrected chi connectivity index (χ1v) is 10.6. The number of carbonyl (C=O) groups excluding carboxylic acids is 2. The predicted octanol–water partition coefficient (Wildman–Crippen LogP) is 2.20. The molecule has 0 atom stereocenters. The summed E-state index contributed by atoms with van der Waals surface area (Å²) in [6.07, 6.45) is 5.31. The molecule has 12 nitrogen and oxygen atoms in total. The molecule has 4 heterocycles. The number of hydrogen-bond acceptors (Lipinski definition) is 8. The van der Waals surface area contributed by atoms with Crippen molar-refractivity contribution in [1.82, 2.24) is 34.3 Å². The standard InChI is InChI=1S/C21H25N9O3/c1-5-21(12-28(13-21)19(32)33-20(2,3)4)29-11-14(10-24-29)17-23-9-7-15-25-18(27-30(15)17)26-16(31)6-8-22/h7,9-11H,5-6,12-13H2,1-4H3,(H,26,27,31). The maximum atomic E-state index is 12.4. The largest absolute Gasteiger partial charge is 0.444 e. The van der Waals surface area contributed by atoms with Gasteiger partial charge >= 0.3 is 6.09 Å². The van der Waals surface area contributed by atoms with Crippen molar-refractivity contribution in [3.8, 4) is 17.5 Å². The van der Waals surface area contributed by atoms with Crippen molar-refractivity contribution >= 4 is 23.6 Å². The molecular weight excluding hydrogens is 426 g/mol. The smallest absolute Gasteiger partial charge is 0.410 e. The third-order valence-electron chi connectivity index (χ3n) is 5.35. The van der Waals surface area contributed by atoms with E-state index in [1.165, 1.54) is 4.52 Å². The van der Waals surface area contributed by atoms with Crippen LogP contribution in [0.1, 0.15) is 40.5 Å². The molecule has 1 N–H and O–H groups in total. The summed E-state index contributed by atoms with van der Waals surface area (Å²) in [6, 6.07) is 3.45. The first-order chi connectivity index (χ1) is 15.6. The molecule has 172 valence electrons. The van der Waals surface area contributed by atoms with Crippen LogP contribution in [0.5, 0.6) is 0 Å². The molecule has 0 saturated carbocycles. The zero-order valence-corrected chi connectivity index (χ0v) is 18.9. The van der Waals surface area contributed by atoms with Gasteiger partial charge in [-0.1, -0.05) is 6.92 Å². The van der Waals surface area contributed by atoms with Crippen LogP contribution < -0.4 is 5.32 Å². The Bertz CT molecular complexity index is 1240. The lowest BCUT2D eigenvalue weighted by Crippen LogP contribution is -2.64. The zero-order valence-electron chi connectivity index (χ0n) is 18.9. The molecule has 1 saturated heterocycles. The van der Waals surface area contributed by atoms with Gasteiger partial charge < -0.3 is 9.64 Å². The number of nitrogens with zero attached hydrogens (tertiary/aromatic N) is 8. The van der Waals surface area contributed by atoms with Gasteiger partial charge in [0.15, 0.2) is 11.5 Å². The second-order valence-corrected chi connectivity index (χ2v) is 8.94. The Hall–Kier alpha value is -4.01. The fourth-order valence-electron chi connectivity index (χ4n) is 3.66. The summed E-state index contributed by atoms with van der Waals surface area (Å²) in [5, 5.41) is 20.0. The van der Waals surface area contributed by atoms with Gasteiger partial charge in [0, 0.05) is 18.5 Å². The summed E-state index contributed by atoms with van der Waals surface area (Å²) in [5.41, 5.74) is 0.325. The summed E-state index contributed by atoms with van der Waals surface area (Å²) in [5.74, 6) is 0.107. The number of aromatic nitrogens is 6. The molecule has 0 unspecified atom stereocenters.